The van der Waals surface area contributed by atoms with E-state index in [1.54, 1.807) is 7.05 Å². The minimum absolute atomic E-state index is 0. The molecule has 1 rings (SSSR count). The van der Waals surface area contributed by atoms with Crippen molar-refractivity contribution in [2.24, 2.45) is 4.99 Å². The first kappa shape index (κ1) is 23.4. The molecule has 0 aliphatic heterocycles. The Labute approximate surface area is 162 Å². The van der Waals surface area contributed by atoms with Gasteiger partial charge in [0.25, 0.3) is 0 Å². The zero-order valence-corrected chi connectivity index (χ0v) is 17.4. The van der Waals surface area contributed by atoms with Crippen molar-refractivity contribution in [1.82, 2.24) is 15.6 Å². The zero-order chi connectivity index (χ0) is 17.3. The lowest BCUT2D eigenvalue weighted by molar-refractivity contribution is -0.140. The van der Waals surface area contributed by atoms with E-state index in [1.807, 2.05) is 0 Å². The van der Waals surface area contributed by atoms with Crippen LogP contribution in [0.3, 0.4) is 0 Å². The van der Waals surface area contributed by atoms with Gasteiger partial charge in [-0.05, 0) is 13.3 Å². The van der Waals surface area contributed by atoms with Crippen molar-refractivity contribution in [3.8, 4) is 0 Å². The first-order chi connectivity index (χ1) is 10.9. The maximum atomic E-state index is 12.5. The molecule has 0 bridgehead atoms. The SMILES string of the molecule is CCCCCCC(C)NC(=NC)NCc1nc(C(F)(F)F)cs1.I. The van der Waals surface area contributed by atoms with Gasteiger partial charge in [0.15, 0.2) is 11.7 Å². The third-order valence-electron chi connectivity index (χ3n) is 3.35. The summed E-state index contributed by atoms with van der Waals surface area (Å²) in [6.45, 7) is 4.48. The fraction of sp³-hybridized carbons (Fsp3) is 0.733. The zero-order valence-electron chi connectivity index (χ0n) is 14.2. The number of rotatable bonds is 8. The van der Waals surface area contributed by atoms with E-state index in [2.05, 4.69) is 34.5 Å². The molecule has 0 saturated carbocycles. The summed E-state index contributed by atoms with van der Waals surface area (Å²) in [5, 5.41) is 7.66. The number of aromatic nitrogens is 1. The molecule has 0 fully saturated rings. The summed E-state index contributed by atoms with van der Waals surface area (Å²) >= 11 is 0.991. The van der Waals surface area contributed by atoms with Crippen LogP contribution in [0.2, 0.25) is 0 Å². The highest BCUT2D eigenvalue weighted by Crippen LogP contribution is 2.29. The standard InChI is InChI=1S/C15H25F3N4S.HI/c1-4-5-6-7-8-11(2)21-14(19-3)20-9-13-22-12(10-23-13)15(16,17)18;/h10-11H,4-9H2,1-3H3,(H2,19,20,21);1H. The van der Waals surface area contributed by atoms with E-state index >= 15 is 0 Å². The van der Waals surface area contributed by atoms with Gasteiger partial charge in [0.05, 0.1) is 6.54 Å². The molecule has 1 unspecified atom stereocenters. The van der Waals surface area contributed by atoms with Crippen molar-refractivity contribution in [3.05, 3.63) is 16.1 Å². The smallest absolute Gasteiger partial charge is 0.354 e. The second-order valence-corrected chi connectivity index (χ2v) is 6.39. The Morgan fingerprint density at radius 3 is 2.58 bits per heavy atom. The van der Waals surface area contributed by atoms with Crippen molar-refractivity contribution >= 4 is 41.3 Å². The van der Waals surface area contributed by atoms with E-state index in [9.17, 15) is 13.2 Å². The van der Waals surface area contributed by atoms with Gasteiger partial charge in [-0.3, -0.25) is 4.99 Å². The van der Waals surface area contributed by atoms with Gasteiger partial charge < -0.3 is 10.6 Å². The highest BCUT2D eigenvalue weighted by Gasteiger charge is 2.33. The molecular formula is C15H26F3IN4S. The van der Waals surface area contributed by atoms with Gasteiger partial charge in [0.2, 0.25) is 0 Å². The number of guanidine groups is 1. The van der Waals surface area contributed by atoms with Gasteiger partial charge in [-0.15, -0.1) is 35.3 Å². The molecule has 1 heterocycles. The molecule has 1 atom stereocenters. The number of unbranched alkanes of at least 4 members (excludes halogenated alkanes) is 3. The topological polar surface area (TPSA) is 49.3 Å². The van der Waals surface area contributed by atoms with E-state index in [1.165, 1.54) is 19.3 Å². The highest BCUT2D eigenvalue weighted by atomic mass is 127. The van der Waals surface area contributed by atoms with Crippen LogP contribution in [0.1, 0.15) is 56.7 Å². The van der Waals surface area contributed by atoms with Crippen molar-refractivity contribution in [2.75, 3.05) is 7.05 Å². The Morgan fingerprint density at radius 1 is 1.33 bits per heavy atom. The lowest BCUT2D eigenvalue weighted by atomic mass is 10.1. The second-order valence-electron chi connectivity index (χ2n) is 5.44. The van der Waals surface area contributed by atoms with Gasteiger partial charge in [0.1, 0.15) is 5.01 Å². The van der Waals surface area contributed by atoms with Gasteiger partial charge in [0, 0.05) is 18.5 Å². The molecule has 0 amide bonds. The lowest BCUT2D eigenvalue weighted by Crippen LogP contribution is -2.41. The highest BCUT2D eigenvalue weighted by molar-refractivity contribution is 14.0. The van der Waals surface area contributed by atoms with Crippen molar-refractivity contribution < 1.29 is 13.2 Å². The van der Waals surface area contributed by atoms with Crippen LogP contribution in [0, 0.1) is 0 Å². The van der Waals surface area contributed by atoms with Crippen LogP contribution in [0.25, 0.3) is 0 Å². The molecule has 0 aliphatic rings. The van der Waals surface area contributed by atoms with E-state index in [4.69, 9.17) is 0 Å². The maximum Gasteiger partial charge on any atom is 0.434 e. The summed E-state index contributed by atoms with van der Waals surface area (Å²) < 4.78 is 37.5. The maximum absolute atomic E-state index is 12.5. The summed E-state index contributed by atoms with van der Waals surface area (Å²) in [4.78, 5) is 7.68. The predicted molar refractivity (Wildman–Crippen MR) is 104 cm³/mol. The van der Waals surface area contributed by atoms with Crippen LogP contribution in [0.4, 0.5) is 13.2 Å². The first-order valence-corrected chi connectivity index (χ1v) is 8.73. The Bertz CT molecular complexity index is 491. The number of hydrogen-bond donors (Lipinski definition) is 2. The summed E-state index contributed by atoms with van der Waals surface area (Å²) in [6, 6.07) is 0.264. The molecular weight excluding hydrogens is 452 g/mol. The van der Waals surface area contributed by atoms with Gasteiger partial charge >= 0.3 is 6.18 Å². The molecule has 0 spiro atoms. The third-order valence-corrected chi connectivity index (χ3v) is 4.20. The monoisotopic (exact) mass is 478 g/mol. The van der Waals surface area contributed by atoms with Crippen LogP contribution >= 0.6 is 35.3 Å². The normalized spacial score (nSPS) is 13.3. The Hall–Kier alpha value is -0.580. The number of nitrogens with one attached hydrogen (secondary N) is 2. The number of nitrogens with zero attached hydrogens (tertiary/aromatic N) is 2. The molecule has 4 nitrogen and oxygen atoms in total. The summed E-state index contributed by atoms with van der Waals surface area (Å²) in [6.07, 6.45) is 1.47. The number of thiazole rings is 1. The van der Waals surface area contributed by atoms with Gasteiger partial charge in [-0.25, -0.2) is 4.98 Å². The number of hydrogen-bond acceptors (Lipinski definition) is 3. The fourth-order valence-corrected chi connectivity index (χ4v) is 2.80. The van der Waals surface area contributed by atoms with Crippen LogP contribution in [-0.4, -0.2) is 24.0 Å². The predicted octanol–water partition coefficient (Wildman–Crippen LogP) is 4.80. The second kappa shape index (κ2) is 11.9. The van der Waals surface area contributed by atoms with Crippen LogP contribution in [0.5, 0.6) is 0 Å². The summed E-state index contributed by atoms with van der Waals surface area (Å²) in [5.41, 5.74) is -0.841. The molecule has 1 aromatic heterocycles. The van der Waals surface area contributed by atoms with Gasteiger partial charge in [-0.1, -0.05) is 32.6 Å². The third kappa shape index (κ3) is 9.05. The largest absolute Gasteiger partial charge is 0.434 e. The average Bonchev–Trinajstić information content (AvgIpc) is 2.97. The van der Waals surface area contributed by atoms with Crippen molar-refractivity contribution in [3.63, 3.8) is 0 Å². The van der Waals surface area contributed by atoms with E-state index in [0.29, 0.717) is 11.0 Å². The van der Waals surface area contributed by atoms with E-state index in [-0.39, 0.29) is 36.6 Å². The molecule has 0 radical (unpaired) electrons. The van der Waals surface area contributed by atoms with Crippen LogP contribution < -0.4 is 10.6 Å². The number of alkyl halides is 3. The molecule has 24 heavy (non-hydrogen) atoms. The first-order valence-electron chi connectivity index (χ1n) is 7.85. The Balaban J connectivity index is 0.00000529. The fourth-order valence-electron chi connectivity index (χ4n) is 2.06. The van der Waals surface area contributed by atoms with Gasteiger partial charge in [-0.2, -0.15) is 13.2 Å². The average molecular weight is 478 g/mol. The Morgan fingerprint density at radius 2 is 2.04 bits per heavy atom. The summed E-state index contributed by atoms with van der Waals surface area (Å²) in [5.74, 6) is 0.580. The molecule has 0 aromatic carbocycles. The van der Waals surface area contributed by atoms with Crippen LogP contribution in [0.15, 0.2) is 10.4 Å². The van der Waals surface area contributed by atoms with Crippen molar-refractivity contribution in [2.45, 2.75) is 64.7 Å². The molecule has 2 N–H and O–H groups in total. The number of aliphatic imine (C=N–C) groups is 1. The van der Waals surface area contributed by atoms with E-state index < -0.39 is 11.9 Å². The minimum atomic E-state index is -4.39. The molecule has 140 valence electrons. The molecule has 0 saturated heterocycles. The minimum Gasteiger partial charge on any atom is -0.354 e. The van der Waals surface area contributed by atoms with E-state index in [0.717, 1.165) is 29.6 Å². The molecule has 9 heteroatoms. The van der Waals surface area contributed by atoms with Crippen molar-refractivity contribution in [1.29, 1.82) is 0 Å². The quantitative estimate of drug-likeness (QED) is 0.244. The lowest BCUT2D eigenvalue weighted by Gasteiger charge is -2.17. The number of halogens is 4. The Kier molecular flexibility index (Phi) is 11.6. The van der Waals surface area contributed by atoms with Crippen LogP contribution in [-0.2, 0) is 12.7 Å². The molecule has 0 aliphatic carbocycles. The molecule has 1 aromatic rings. The summed E-state index contributed by atoms with van der Waals surface area (Å²) in [7, 11) is 1.64.